The molecule has 2 aromatic heterocycles. The smallest absolute Gasteiger partial charge is 0.407 e. The molecule has 0 radical (unpaired) electrons. The number of thiazole rings is 1. The zero-order valence-electron chi connectivity index (χ0n) is 37.4. The molecule has 0 bridgehead atoms. The molecule has 7 aromatic rings. The van der Waals surface area contributed by atoms with E-state index in [1.807, 2.05) is 18.2 Å². The number of nitrogens with one attached hydrogen (secondary N) is 1. The van der Waals surface area contributed by atoms with Crippen LogP contribution < -0.4 is 25.3 Å². The van der Waals surface area contributed by atoms with E-state index in [1.165, 1.54) is 53.7 Å². The van der Waals surface area contributed by atoms with Crippen molar-refractivity contribution < 1.29 is 40.6 Å². The van der Waals surface area contributed by atoms with E-state index >= 15 is 16.8 Å². The number of amides is 1. The molecule has 346 valence electrons. The zero-order valence-corrected chi connectivity index (χ0v) is 39.8. The maximum atomic E-state index is 16.1. The van der Waals surface area contributed by atoms with Gasteiger partial charge in [0.15, 0.2) is 15.0 Å². The monoisotopic (exact) mass is 954 g/mol. The first-order valence-electron chi connectivity index (χ1n) is 20.6. The number of nitrogen functional groups attached to an aromatic ring is 1. The molecule has 7 rings (SSSR count). The molecule has 0 aliphatic carbocycles. The molecule has 20 heteroatoms. The lowest BCUT2D eigenvalue weighted by Gasteiger charge is -2.27. The molecule has 66 heavy (non-hydrogen) atoms. The summed E-state index contributed by atoms with van der Waals surface area (Å²) in [5, 5.41) is 14.9. The average molecular weight is 955 g/mol. The third-order valence-electron chi connectivity index (χ3n) is 10.4. The second-order valence-electron chi connectivity index (χ2n) is 16.2. The minimum atomic E-state index is -4.94. The third kappa shape index (κ3) is 10.6. The molecule has 0 aliphatic heterocycles. The van der Waals surface area contributed by atoms with Crippen molar-refractivity contribution in [1.29, 1.82) is 0 Å². The summed E-state index contributed by atoms with van der Waals surface area (Å²) in [6.07, 6.45) is -0.841. The second-order valence-corrected chi connectivity index (χ2v) is 21.5. The number of para-hydroxylation sites is 1. The van der Waals surface area contributed by atoms with E-state index in [0.29, 0.717) is 44.2 Å². The number of aromatic nitrogens is 5. The number of hydrogen-bond acceptors (Lipinski definition) is 15. The van der Waals surface area contributed by atoms with Gasteiger partial charge in [0.1, 0.15) is 27.7 Å². The molecular formula is C46H50N8O9S3. The van der Waals surface area contributed by atoms with Crippen LogP contribution in [0.25, 0.3) is 32.7 Å². The third-order valence-corrected chi connectivity index (χ3v) is 15.4. The van der Waals surface area contributed by atoms with E-state index in [1.54, 1.807) is 101 Å². The Bertz CT molecular complexity index is 3010. The van der Waals surface area contributed by atoms with E-state index in [-0.39, 0.29) is 41.7 Å². The fourth-order valence-electron chi connectivity index (χ4n) is 7.07. The lowest BCUT2D eigenvalue weighted by molar-refractivity contribution is 0.0528. The van der Waals surface area contributed by atoms with Crippen molar-refractivity contribution in [1.82, 2.24) is 34.8 Å². The van der Waals surface area contributed by atoms with Crippen LogP contribution in [-0.4, -0.2) is 91.2 Å². The first-order chi connectivity index (χ1) is 31.4. The summed E-state index contributed by atoms with van der Waals surface area (Å²) in [6.45, 7) is 5.72. The van der Waals surface area contributed by atoms with Crippen LogP contribution in [0.3, 0.4) is 0 Å². The lowest BCUT2D eigenvalue weighted by Crippen LogP contribution is -2.39. The lowest BCUT2D eigenvalue weighted by atomic mass is 9.98. The van der Waals surface area contributed by atoms with Gasteiger partial charge in [-0.3, -0.25) is 0 Å². The van der Waals surface area contributed by atoms with Crippen molar-refractivity contribution in [3.8, 4) is 39.8 Å². The first kappa shape index (κ1) is 47.4. The first-order valence-corrected chi connectivity index (χ1v) is 24.4. The minimum absolute atomic E-state index is 0.124. The predicted molar refractivity (Wildman–Crippen MR) is 252 cm³/mol. The summed E-state index contributed by atoms with van der Waals surface area (Å²) < 4.78 is 85.8. The normalized spacial score (nSPS) is 12.5. The standard InChI is InChI=1S/C46H50N8O9S3/c1-29(25-48-45(55)63-46(2,3)4)65(56,57)39-24-23-36(37-9-8-10-38-41(37)49-44(47)64-38)40(43-50-52-54(51-43)28-32-15-21-35(62-7)22-16-32)42(39)66(58,59)53(26-30-11-17-33(60-5)18-12-30)27-31-13-19-34(61-6)20-14-31/h8-24,29H,25-28H2,1-7H3,(H2,47,49)(H,48,55)/t29-/m0/s1. The average Bonchev–Trinajstić information content (AvgIpc) is 3.93. The van der Waals surface area contributed by atoms with Gasteiger partial charge in [0.25, 0.3) is 0 Å². The number of sulfonamides is 1. The number of ether oxygens (including phenoxy) is 4. The highest BCUT2D eigenvalue weighted by atomic mass is 32.2. The van der Waals surface area contributed by atoms with Crippen LogP contribution in [0.4, 0.5) is 9.93 Å². The van der Waals surface area contributed by atoms with Gasteiger partial charge in [-0.2, -0.15) is 9.10 Å². The number of anilines is 1. The fourth-order valence-corrected chi connectivity index (χ4v) is 11.5. The van der Waals surface area contributed by atoms with E-state index in [2.05, 4.69) is 20.6 Å². The van der Waals surface area contributed by atoms with Gasteiger partial charge in [0.05, 0.1) is 53.8 Å². The molecule has 1 atom stereocenters. The van der Waals surface area contributed by atoms with Gasteiger partial charge < -0.3 is 30.0 Å². The molecule has 0 unspecified atom stereocenters. The highest BCUT2D eigenvalue weighted by Crippen LogP contribution is 2.44. The van der Waals surface area contributed by atoms with Gasteiger partial charge in [-0.05, 0) is 104 Å². The Morgan fingerprint density at radius 1 is 0.788 bits per heavy atom. The van der Waals surface area contributed by atoms with Crippen molar-refractivity contribution in [2.24, 2.45) is 0 Å². The van der Waals surface area contributed by atoms with Crippen LogP contribution in [0, 0.1) is 0 Å². The van der Waals surface area contributed by atoms with Crippen molar-refractivity contribution in [3.63, 3.8) is 0 Å². The summed E-state index contributed by atoms with van der Waals surface area (Å²) in [5.41, 5.74) is 8.31. The SMILES string of the molecule is COc1ccc(CN(Cc2ccc(OC)cc2)S(=O)(=O)c2c(S(=O)(=O)[C@@H](C)CNC(=O)OC(C)(C)C)ccc(-c3cccc4sc(N)nc34)c2-c2nnn(Cc3ccc(OC)cc3)n2)cc1. The molecule has 5 aromatic carbocycles. The maximum absolute atomic E-state index is 16.1. The molecule has 0 aliphatic rings. The van der Waals surface area contributed by atoms with Crippen molar-refractivity contribution in [3.05, 3.63) is 120 Å². The number of sulfone groups is 1. The van der Waals surface area contributed by atoms with Crippen molar-refractivity contribution in [2.75, 3.05) is 33.6 Å². The number of nitrogens with zero attached hydrogens (tertiary/aromatic N) is 6. The molecule has 0 saturated carbocycles. The number of benzene rings is 5. The molecular weight excluding hydrogens is 905 g/mol. The van der Waals surface area contributed by atoms with Crippen molar-refractivity contribution in [2.45, 2.75) is 68.0 Å². The van der Waals surface area contributed by atoms with Gasteiger partial charge in [0, 0.05) is 25.2 Å². The summed E-state index contributed by atoms with van der Waals surface area (Å²) >= 11 is 1.24. The van der Waals surface area contributed by atoms with Crippen LogP contribution in [0.1, 0.15) is 44.4 Å². The van der Waals surface area contributed by atoms with E-state index in [0.717, 1.165) is 5.56 Å². The van der Waals surface area contributed by atoms with Crippen LogP contribution >= 0.6 is 11.3 Å². The zero-order chi connectivity index (χ0) is 47.4. The highest BCUT2D eigenvalue weighted by Gasteiger charge is 2.40. The van der Waals surface area contributed by atoms with Crippen molar-refractivity contribution >= 4 is 52.6 Å². The Balaban J connectivity index is 1.49. The summed E-state index contributed by atoms with van der Waals surface area (Å²) in [6, 6.07) is 29.1. The number of hydrogen-bond donors (Lipinski definition) is 2. The Morgan fingerprint density at radius 3 is 1.89 bits per heavy atom. The molecule has 0 fully saturated rings. The summed E-state index contributed by atoms with van der Waals surface area (Å²) in [5.74, 6) is 1.58. The Morgan fingerprint density at radius 2 is 1.35 bits per heavy atom. The Labute approximate surface area is 387 Å². The molecule has 2 heterocycles. The molecule has 0 saturated heterocycles. The number of nitrogens with two attached hydrogens (primary N) is 1. The largest absolute Gasteiger partial charge is 0.497 e. The number of carbonyl (C=O) groups is 1. The number of methoxy groups -OCH3 is 3. The highest BCUT2D eigenvalue weighted by molar-refractivity contribution is 7.94. The predicted octanol–water partition coefficient (Wildman–Crippen LogP) is 7.35. The van der Waals surface area contributed by atoms with E-state index in [4.69, 9.17) is 29.8 Å². The minimum Gasteiger partial charge on any atom is -0.497 e. The molecule has 1 amide bonds. The topological polar surface area (TPSA) is 220 Å². The van der Waals surface area contributed by atoms with Crippen LogP contribution in [-0.2, 0) is 44.2 Å². The molecule has 17 nitrogen and oxygen atoms in total. The van der Waals surface area contributed by atoms with Gasteiger partial charge in [-0.15, -0.1) is 10.2 Å². The number of fused-ring (bicyclic) bond motifs is 1. The summed E-state index contributed by atoms with van der Waals surface area (Å²) in [4.78, 5) is 17.5. The number of rotatable bonds is 17. The van der Waals surface area contributed by atoms with Gasteiger partial charge in [-0.1, -0.05) is 65.9 Å². The number of alkyl carbamates (subject to hydrolysis) is 1. The van der Waals surface area contributed by atoms with Crippen LogP contribution in [0.15, 0.2) is 113 Å². The van der Waals surface area contributed by atoms with Crippen LogP contribution in [0.2, 0.25) is 0 Å². The Kier molecular flexibility index (Phi) is 14.0. The molecule has 0 spiro atoms. The van der Waals surface area contributed by atoms with E-state index < -0.39 is 53.1 Å². The quantitative estimate of drug-likeness (QED) is 0.0912. The van der Waals surface area contributed by atoms with E-state index in [9.17, 15) is 4.79 Å². The Hall–Kier alpha value is -6.61. The van der Waals surface area contributed by atoms with Gasteiger partial charge >= 0.3 is 6.09 Å². The second kappa shape index (κ2) is 19.5. The summed E-state index contributed by atoms with van der Waals surface area (Å²) in [7, 11) is -4.97. The van der Waals surface area contributed by atoms with Gasteiger partial charge in [0.2, 0.25) is 15.8 Å². The fraction of sp³-hybridized carbons (Fsp3) is 0.283. The number of tetrazole rings is 1. The maximum Gasteiger partial charge on any atom is 0.407 e. The van der Waals surface area contributed by atoms with Crippen LogP contribution in [0.5, 0.6) is 17.2 Å². The molecule has 3 N–H and O–H groups in total. The van der Waals surface area contributed by atoms with Gasteiger partial charge in [-0.25, -0.2) is 26.6 Å². The number of carbonyl (C=O) groups excluding carboxylic acids is 1.